The van der Waals surface area contributed by atoms with Gasteiger partial charge < -0.3 is 4.74 Å². The van der Waals surface area contributed by atoms with Crippen LogP contribution < -0.4 is 4.74 Å². The maximum atomic E-state index is 13.5. The number of rotatable bonds is 0. The summed E-state index contributed by atoms with van der Waals surface area (Å²) >= 11 is 5.94. The van der Waals surface area contributed by atoms with E-state index in [-0.39, 0.29) is 23.1 Å². The van der Waals surface area contributed by atoms with Crippen molar-refractivity contribution in [3.63, 3.8) is 0 Å². The summed E-state index contributed by atoms with van der Waals surface area (Å²) in [6.07, 6.45) is 0. The molecule has 0 radical (unpaired) electrons. The molecule has 2 rings (SSSR count). The lowest BCUT2D eigenvalue weighted by Gasteiger charge is -2.17. The van der Waals surface area contributed by atoms with Crippen molar-refractivity contribution in [2.75, 3.05) is 6.61 Å². The highest BCUT2D eigenvalue weighted by Crippen LogP contribution is 2.31. The predicted octanol–water partition coefficient (Wildman–Crippen LogP) is 3.12. The summed E-state index contributed by atoms with van der Waals surface area (Å²) in [5.41, 5.74) is -0.273. The van der Waals surface area contributed by atoms with Crippen molar-refractivity contribution in [3.8, 4) is 5.75 Å². The number of hydrogen-bond acceptors (Lipinski definition) is 2. The van der Waals surface area contributed by atoms with Gasteiger partial charge in [0, 0.05) is 0 Å². The van der Waals surface area contributed by atoms with Crippen molar-refractivity contribution in [1.29, 1.82) is 0 Å². The van der Waals surface area contributed by atoms with Crippen molar-refractivity contribution in [2.45, 2.75) is 19.4 Å². The lowest BCUT2D eigenvalue weighted by Crippen LogP contribution is -2.25. The van der Waals surface area contributed by atoms with E-state index in [0.29, 0.717) is 0 Å². The molecule has 2 nitrogen and oxygen atoms in total. The Labute approximate surface area is 96.9 Å². The molecule has 1 aromatic rings. The van der Waals surface area contributed by atoms with Crippen LogP contribution in [0.2, 0.25) is 0 Å². The maximum absolute atomic E-state index is 13.5. The number of hydrogen-bond donors (Lipinski definition) is 0. The Balaban J connectivity index is 2.60. The summed E-state index contributed by atoms with van der Waals surface area (Å²) in [5.74, 6) is -2.15. The van der Waals surface area contributed by atoms with Gasteiger partial charge in [-0.25, -0.2) is 4.39 Å². The Hall–Kier alpha value is -1.16. The molecule has 0 atom stereocenters. The zero-order valence-electron chi connectivity index (χ0n) is 8.85. The summed E-state index contributed by atoms with van der Waals surface area (Å²) in [6.45, 7) is 3.75. The molecule has 0 aliphatic carbocycles. The number of halogens is 3. The Morgan fingerprint density at radius 3 is 2.75 bits per heavy atom. The van der Waals surface area contributed by atoms with E-state index in [9.17, 15) is 8.78 Å². The molecule has 16 heavy (non-hydrogen) atoms. The van der Waals surface area contributed by atoms with Gasteiger partial charge in [-0.3, -0.25) is 4.99 Å². The van der Waals surface area contributed by atoms with E-state index in [4.69, 9.17) is 16.3 Å². The minimum atomic E-state index is -1.02. The second-order valence-electron chi connectivity index (χ2n) is 4.24. The highest BCUT2D eigenvalue weighted by atomic mass is 35.5. The first-order valence-corrected chi connectivity index (χ1v) is 5.15. The van der Waals surface area contributed by atoms with Gasteiger partial charge in [0.15, 0.2) is 11.6 Å². The van der Waals surface area contributed by atoms with Crippen LogP contribution in [0.3, 0.4) is 0 Å². The molecule has 0 N–H and O–H groups in total. The van der Waals surface area contributed by atoms with E-state index in [0.717, 1.165) is 6.07 Å². The van der Waals surface area contributed by atoms with E-state index in [1.54, 1.807) is 13.8 Å². The summed E-state index contributed by atoms with van der Waals surface area (Å²) in [7, 11) is 0. The van der Waals surface area contributed by atoms with Crippen molar-refractivity contribution >= 4 is 16.8 Å². The molecule has 5 heteroatoms. The molecule has 0 unspecified atom stereocenters. The predicted molar refractivity (Wildman–Crippen MR) is 58.3 cm³/mol. The number of ether oxygens (including phenoxy) is 1. The SMILES string of the molecule is CC1(C)COc2c(ccc(F)c2F)C(Cl)=N1. The average molecular weight is 246 g/mol. The van der Waals surface area contributed by atoms with Crippen LogP contribution >= 0.6 is 11.6 Å². The molecule has 0 spiro atoms. The molecule has 0 saturated heterocycles. The average Bonchev–Trinajstić information content (AvgIpc) is 2.29. The van der Waals surface area contributed by atoms with Crippen LogP contribution in [0.1, 0.15) is 19.4 Å². The first kappa shape index (κ1) is 11.3. The normalized spacial score (nSPS) is 18.2. The molecule has 1 aliphatic heterocycles. The fourth-order valence-corrected chi connectivity index (χ4v) is 1.82. The van der Waals surface area contributed by atoms with Gasteiger partial charge in [0.05, 0.1) is 11.1 Å². The lowest BCUT2D eigenvalue weighted by atomic mass is 10.1. The van der Waals surface area contributed by atoms with Gasteiger partial charge in [-0.05, 0) is 26.0 Å². The number of nitrogens with zero attached hydrogens (tertiary/aromatic N) is 1. The molecule has 0 fully saturated rings. The Bertz CT molecular complexity index is 471. The summed E-state index contributed by atoms with van der Waals surface area (Å²) in [5, 5.41) is 0.136. The van der Waals surface area contributed by atoms with Crippen LogP contribution in [0.25, 0.3) is 0 Å². The second-order valence-corrected chi connectivity index (χ2v) is 4.60. The summed E-state index contributed by atoms with van der Waals surface area (Å²) in [6, 6.07) is 2.37. The quantitative estimate of drug-likeness (QED) is 0.688. The van der Waals surface area contributed by atoms with Crippen LogP contribution in [0.4, 0.5) is 8.78 Å². The standard InChI is InChI=1S/C11H10ClF2NO/c1-11(2)5-16-9-6(10(12)15-11)3-4-7(13)8(9)14/h3-4H,5H2,1-2H3. The first-order valence-electron chi connectivity index (χ1n) is 4.77. The molecular formula is C11H10ClF2NO. The summed E-state index contributed by atoms with van der Waals surface area (Å²) < 4.78 is 31.7. The molecule has 0 saturated carbocycles. The minimum Gasteiger partial charge on any atom is -0.487 e. The van der Waals surface area contributed by atoms with Gasteiger partial charge in [0.1, 0.15) is 11.8 Å². The third-order valence-electron chi connectivity index (χ3n) is 2.24. The van der Waals surface area contributed by atoms with E-state index in [1.165, 1.54) is 6.07 Å². The highest BCUT2D eigenvalue weighted by molar-refractivity contribution is 6.70. The van der Waals surface area contributed by atoms with Crippen molar-refractivity contribution < 1.29 is 13.5 Å². The first-order chi connectivity index (χ1) is 7.41. The van der Waals surface area contributed by atoms with Crippen molar-refractivity contribution in [3.05, 3.63) is 29.3 Å². The monoisotopic (exact) mass is 245 g/mol. The Morgan fingerprint density at radius 1 is 1.38 bits per heavy atom. The number of aliphatic imine (C=N–C) groups is 1. The van der Waals surface area contributed by atoms with E-state index < -0.39 is 17.2 Å². The lowest BCUT2D eigenvalue weighted by molar-refractivity contribution is 0.236. The van der Waals surface area contributed by atoms with Crippen molar-refractivity contribution in [2.24, 2.45) is 4.99 Å². The van der Waals surface area contributed by atoms with Gasteiger partial charge in [0.25, 0.3) is 0 Å². The van der Waals surface area contributed by atoms with E-state index in [1.807, 2.05) is 0 Å². The van der Waals surface area contributed by atoms with Crippen LogP contribution in [-0.2, 0) is 0 Å². The maximum Gasteiger partial charge on any atom is 0.201 e. The number of benzene rings is 1. The largest absolute Gasteiger partial charge is 0.487 e. The highest BCUT2D eigenvalue weighted by Gasteiger charge is 2.27. The molecule has 1 aromatic carbocycles. The van der Waals surface area contributed by atoms with Gasteiger partial charge in [-0.15, -0.1) is 0 Å². The molecular weight excluding hydrogens is 236 g/mol. The van der Waals surface area contributed by atoms with Gasteiger partial charge in [-0.2, -0.15) is 4.39 Å². The zero-order valence-corrected chi connectivity index (χ0v) is 9.61. The Morgan fingerprint density at radius 2 is 2.06 bits per heavy atom. The second kappa shape index (κ2) is 3.70. The van der Waals surface area contributed by atoms with E-state index >= 15 is 0 Å². The molecule has 0 aromatic heterocycles. The fourth-order valence-electron chi connectivity index (χ4n) is 1.44. The van der Waals surface area contributed by atoms with E-state index in [2.05, 4.69) is 4.99 Å². The van der Waals surface area contributed by atoms with Crippen LogP contribution in [0.5, 0.6) is 5.75 Å². The topological polar surface area (TPSA) is 21.6 Å². The van der Waals surface area contributed by atoms with Crippen LogP contribution in [0, 0.1) is 11.6 Å². The van der Waals surface area contributed by atoms with Crippen molar-refractivity contribution in [1.82, 2.24) is 0 Å². The molecule has 0 bridgehead atoms. The van der Waals surface area contributed by atoms with Gasteiger partial charge in [0.2, 0.25) is 5.82 Å². The molecule has 0 amide bonds. The smallest absolute Gasteiger partial charge is 0.201 e. The van der Waals surface area contributed by atoms with Gasteiger partial charge >= 0.3 is 0 Å². The minimum absolute atomic E-state index is 0.136. The third kappa shape index (κ3) is 1.89. The third-order valence-corrected chi connectivity index (χ3v) is 2.53. The summed E-state index contributed by atoms with van der Waals surface area (Å²) in [4.78, 5) is 4.19. The zero-order chi connectivity index (χ0) is 11.9. The number of fused-ring (bicyclic) bond motifs is 1. The Kier molecular flexibility index (Phi) is 2.62. The van der Waals surface area contributed by atoms with Crippen LogP contribution in [-0.4, -0.2) is 17.3 Å². The molecule has 1 heterocycles. The molecule has 86 valence electrons. The van der Waals surface area contributed by atoms with Gasteiger partial charge in [-0.1, -0.05) is 11.6 Å². The molecule has 1 aliphatic rings. The van der Waals surface area contributed by atoms with Crippen LogP contribution in [0.15, 0.2) is 17.1 Å². The fraction of sp³-hybridized carbons (Fsp3) is 0.364.